The van der Waals surface area contributed by atoms with Crippen molar-refractivity contribution in [3.8, 4) is 0 Å². The van der Waals surface area contributed by atoms with Crippen LogP contribution in [0.4, 0.5) is 0 Å². The van der Waals surface area contributed by atoms with E-state index >= 15 is 0 Å². The summed E-state index contributed by atoms with van der Waals surface area (Å²) >= 11 is 0. The van der Waals surface area contributed by atoms with Crippen molar-refractivity contribution in [2.24, 2.45) is 16.7 Å². The molecule has 0 unspecified atom stereocenters. The number of hydrogen-bond acceptors (Lipinski definition) is 2. The van der Waals surface area contributed by atoms with Crippen LogP contribution in [0.5, 0.6) is 0 Å². The molecule has 3 atom stereocenters. The van der Waals surface area contributed by atoms with E-state index in [0.29, 0.717) is 0 Å². The van der Waals surface area contributed by atoms with Crippen LogP contribution in [0.15, 0.2) is 30.4 Å². The fourth-order valence-electron chi connectivity index (χ4n) is 5.11. The maximum absolute atomic E-state index is 12.7. The van der Waals surface area contributed by atoms with Crippen LogP contribution in [0.3, 0.4) is 0 Å². The third-order valence-electron chi connectivity index (χ3n) is 6.36. The first kappa shape index (κ1) is 20.8. The lowest BCUT2D eigenvalue weighted by molar-refractivity contribution is -0.142. The highest BCUT2D eigenvalue weighted by molar-refractivity contribution is 6.13. The molecule has 3 rings (SSSR count). The number of carbonyl (C=O) groups excluding carboxylic acids is 2. The molecule has 0 N–H and O–H groups in total. The predicted octanol–water partition coefficient (Wildman–Crippen LogP) is 5.76. The van der Waals surface area contributed by atoms with E-state index in [2.05, 4.69) is 80.5 Å². The van der Waals surface area contributed by atoms with Gasteiger partial charge in [0.25, 0.3) is 11.8 Å². The van der Waals surface area contributed by atoms with Crippen LogP contribution in [-0.2, 0) is 15.0 Å². The average molecular weight is 382 g/mol. The Morgan fingerprint density at radius 1 is 0.750 bits per heavy atom. The fourth-order valence-corrected chi connectivity index (χ4v) is 5.11. The molecule has 0 saturated heterocycles. The largest absolute Gasteiger partial charge is 0.269 e. The van der Waals surface area contributed by atoms with Crippen LogP contribution in [0, 0.1) is 16.7 Å². The number of carbonyl (C=O) groups is 2. The molecule has 0 spiro atoms. The summed E-state index contributed by atoms with van der Waals surface area (Å²) in [7, 11) is 0. The molecule has 1 aromatic carbocycles. The van der Waals surface area contributed by atoms with Gasteiger partial charge < -0.3 is 0 Å². The Bertz CT molecular complexity index is 825. The van der Waals surface area contributed by atoms with Crippen molar-refractivity contribution in [2.75, 3.05) is 0 Å². The first-order chi connectivity index (χ1) is 12.6. The van der Waals surface area contributed by atoms with Crippen LogP contribution in [0.1, 0.15) is 91.0 Å². The lowest BCUT2D eigenvalue weighted by atomic mass is 9.63. The van der Waals surface area contributed by atoms with E-state index in [4.69, 9.17) is 0 Å². The minimum Gasteiger partial charge on any atom is -0.269 e. The maximum atomic E-state index is 12.7. The number of benzene rings is 1. The summed E-state index contributed by atoms with van der Waals surface area (Å²) < 4.78 is 0. The summed E-state index contributed by atoms with van der Waals surface area (Å²) in [5.41, 5.74) is 3.64. The molecule has 0 fully saturated rings. The van der Waals surface area contributed by atoms with Gasteiger partial charge >= 0.3 is 0 Å². The normalized spacial score (nSPS) is 25.6. The lowest BCUT2D eigenvalue weighted by Gasteiger charge is -2.44. The first-order valence-electron chi connectivity index (χ1n) is 10.3. The van der Waals surface area contributed by atoms with Crippen molar-refractivity contribution >= 4 is 11.8 Å². The highest BCUT2D eigenvalue weighted by Crippen LogP contribution is 2.61. The zero-order chi connectivity index (χ0) is 21.2. The fraction of sp³-hybridized carbons (Fsp3) is 0.600. The van der Waals surface area contributed by atoms with Gasteiger partial charge in [-0.3, -0.25) is 14.5 Å². The highest BCUT2D eigenvalue weighted by Gasteiger charge is 2.54. The monoisotopic (exact) mass is 381 g/mol. The van der Waals surface area contributed by atoms with Gasteiger partial charge in [0.05, 0.1) is 6.04 Å². The van der Waals surface area contributed by atoms with Crippen LogP contribution >= 0.6 is 0 Å². The third kappa shape index (κ3) is 3.33. The second kappa shape index (κ2) is 6.30. The summed E-state index contributed by atoms with van der Waals surface area (Å²) in [5.74, 6) is 0.0464. The molecule has 0 bridgehead atoms. The number of hydrogen-bond donors (Lipinski definition) is 0. The van der Waals surface area contributed by atoms with Crippen molar-refractivity contribution in [3.05, 3.63) is 47.0 Å². The van der Waals surface area contributed by atoms with Gasteiger partial charge in [0.1, 0.15) is 0 Å². The molecule has 1 aliphatic heterocycles. The van der Waals surface area contributed by atoms with Crippen LogP contribution < -0.4 is 0 Å². The van der Waals surface area contributed by atoms with Gasteiger partial charge in [0.15, 0.2) is 0 Å². The standard InChI is InChI=1S/C25H35NO2/c1-23(2,3)15-10-11-16-17(14-15)22(26-18(27)12-13-19(26)28)21(25(7,8)9)20(16)24(4,5)6/h10-14,20-22H,1-9H3/t20-,21+,22+/m0/s1. The summed E-state index contributed by atoms with van der Waals surface area (Å²) in [6.45, 7) is 20.1. The summed E-state index contributed by atoms with van der Waals surface area (Å²) in [6, 6.07) is 6.51. The number of rotatable bonds is 1. The first-order valence-corrected chi connectivity index (χ1v) is 10.3. The summed E-state index contributed by atoms with van der Waals surface area (Å²) in [5, 5.41) is 0. The van der Waals surface area contributed by atoms with E-state index in [1.165, 1.54) is 28.2 Å². The molecule has 3 heteroatoms. The molecule has 3 nitrogen and oxygen atoms in total. The second-order valence-electron chi connectivity index (χ2n) is 11.7. The molecular formula is C25H35NO2. The van der Waals surface area contributed by atoms with Gasteiger partial charge in [-0.1, -0.05) is 80.5 Å². The van der Waals surface area contributed by atoms with E-state index in [1.807, 2.05) is 0 Å². The number of amides is 2. The predicted molar refractivity (Wildman–Crippen MR) is 114 cm³/mol. The average Bonchev–Trinajstić information content (AvgIpc) is 3.02. The molecule has 2 aliphatic rings. The lowest BCUT2D eigenvalue weighted by Crippen LogP contribution is -2.43. The van der Waals surface area contributed by atoms with E-state index in [-0.39, 0.29) is 45.9 Å². The Kier molecular flexibility index (Phi) is 4.69. The molecule has 2 amide bonds. The molecule has 1 heterocycles. The molecule has 1 aromatic rings. The number of imide groups is 1. The van der Waals surface area contributed by atoms with E-state index in [1.54, 1.807) is 0 Å². The van der Waals surface area contributed by atoms with Crippen molar-refractivity contribution in [3.63, 3.8) is 0 Å². The zero-order valence-corrected chi connectivity index (χ0v) is 18.9. The molecular weight excluding hydrogens is 346 g/mol. The van der Waals surface area contributed by atoms with Gasteiger partial charge in [-0.2, -0.15) is 0 Å². The summed E-state index contributed by atoms with van der Waals surface area (Å²) in [4.78, 5) is 26.9. The van der Waals surface area contributed by atoms with Crippen molar-refractivity contribution in [1.82, 2.24) is 4.90 Å². The highest BCUT2D eigenvalue weighted by atomic mass is 16.2. The molecule has 0 radical (unpaired) electrons. The van der Waals surface area contributed by atoms with Crippen LogP contribution in [-0.4, -0.2) is 16.7 Å². The van der Waals surface area contributed by atoms with Gasteiger partial charge in [-0.05, 0) is 44.8 Å². The minimum atomic E-state index is -0.225. The maximum Gasteiger partial charge on any atom is 0.254 e. The van der Waals surface area contributed by atoms with Gasteiger partial charge in [-0.25, -0.2) is 0 Å². The molecule has 0 aromatic heterocycles. The Morgan fingerprint density at radius 2 is 1.29 bits per heavy atom. The Hall–Kier alpha value is -1.90. The quantitative estimate of drug-likeness (QED) is 0.580. The Balaban J connectivity index is 2.29. The number of fused-ring (bicyclic) bond motifs is 1. The van der Waals surface area contributed by atoms with E-state index < -0.39 is 0 Å². The third-order valence-corrected chi connectivity index (χ3v) is 6.36. The Morgan fingerprint density at radius 3 is 1.71 bits per heavy atom. The van der Waals surface area contributed by atoms with Gasteiger partial charge in [0, 0.05) is 12.2 Å². The van der Waals surface area contributed by atoms with Crippen molar-refractivity contribution in [2.45, 2.75) is 79.7 Å². The smallest absolute Gasteiger partial charge is 0.254 e. The van der Waals surface area contributed by atoms with Gasteiger partial charge in [0.2, 0.25) is 0 Å². The zero-order valence-electron chi connectivity index (χ0n) is 18.9. The minimum absolute atomic E-state index is 0.00784. The van der Waals surface area contributed by atoms with Crippen LogP contribution in [0.25, 0.3) is 0 Å². The molecule has 28 heavy (non-hydrogen) atoms. The number of nitrogens with zero attached hydrogens (tertiary/aromatic N) is 1. The molecule has 152 valence electrons. The Labute approximate surface area is 170 Å². The molecule has 0 saturated carbocycles. The van der Waals surface area contributed by atoms with E-state index in [0.717, 1.165) is 5.56 Å². The summed E-state index contributed by atoms with van der Waals surface area (Å²) in [6.07, 6.45) is 2.83. The molecule has 1 aliphatic carbocycles. The SMILES string of the molecule is CC(C)(C)c1ccc2c(c1)[C@@H](N1C(=O)C=CC1=O)[C@H](C(C)(C)C)[C@H]2C(C)(C)C. The second-order valence-corrected chi connectivity index (χ2v) is 11.7. The van der Waals surface area contributed by atoms with Gasteiger partial charge in [-0.15, -0.1) is 0 Å². The van der Waals surface area contributed by atoms with Crippen molar-refractivity contribution in [1.29, 1.82) is 0 Å². The van der Waals surface area contributed by atoms with E-state index in [9.17, 15) is 9.59 Å². The van der Waals surface area contributed by atoms with Crippen LogP contribution in [0.2, 0.25) is 0 Å². The topological polar surface area (TPSA) is 37.4 Å². The van der Waals surface area contributed by atoms with Crippen molar-refractivity contribution < 1.29 is 9.59 Å².